The first-order valence-corrected chi connectivity index (χ1v) is 10.2. The minimum absolute atomic E-state index is 0.183. The molecule has 2 N–H and O–H groups in total. The van der Waals surface area contributed by atoms with Crippen LogP contribution in [0.5, 0.6) is 0 Å². The van der Waals surface area contributed by atoms with Crippen LogP contribution in [0.15, 0.2) is 40.6 Å². The Morgan fingerprint density at radius 3 is 2.50 bits per heavy atom. The van der Waals surface area contributed by atoms with Crippen LogP contribution in [0.1, 0.15) is 40.9 Å². The van der Waals surface area contributed by atoms with Crippen molar-refractivity contribution in [2.24, 2.45) is 0 Å². The van der Waals surface area contributed by atoms with Crippen LogP contribution in [0.25, 0.3) is 0 Å². The minimum atomic E-state index is -3.69. The van der Waals surface area contributed by atoms with E-state index in [-0.39, 0.29) is 16.2 Å². The zero-order chi connectivity index (χ0) is 17.2. The number of rotatable bonds is 5. The molecule has 0 spiro atoms. The predicted molar refractivity (Wildman–Crippen MR) is 96.0 cm³/mol. The fourth-order valence-electron chi connectivity index (χ4n) is 2.86. The Balaban J connectivity index is 1.82. The zero-order valence-corrected chi connectivity index (χ0v) is 15.0. The number of carbonyl (C=O) groups excluding carboxylic acids is 1. The van der Waals surface area contributed by atoms with Gasteiger partial charge in [0.25, 0.3) is 15.9 Å². The van der Waals surface area contributed by atoms with Crippen molar-refractivity contribution in [2.75, 3.05) is 4.72 Å². The number of para-hydroxylation sites is 1. The highest BCUT2D eigenvalue weighted by atomic mass is 32.2. The lowest BCUT2D eigenvalue weighted by Gasteiger charge is -2.15. The maximum Gasteiger partial charge on any atom is 0.271 e. The van der Waals surface area contributed by atoms with E-state index >= 15 is 0 Å². The van der Waals surface area contributed by atoms with E-state index in [2.05, 4.69) is 10.0 Å². The molecule has 0 atom stereocenters. The van der Waals surface area contributed by atoms with E-state index in [1.807, 2.05) is 6.92 Å². The maximum atomic E-state index is 12.5. The Labute approximate surface area is 146 Å². The molecule has 0 aliphatic heterocycles. The molecule has 0 unspecified atom stereocenters. The smallest absolute Gasteiger partial charge is 0.271 e. The number of sulfonamides is 1. The molecule has 1 saturated carbocycles. The van der Waals surface area contributed by atoms with Crippen LogP contribution >= 0.6 is 11.3 Å². The van der Waals surface area contributed by atoms with Gasteiger partial charge in [-0.1, -0.05) is 25.0 Å². The molecule has 1 amide bonds. The maximum absolute atomic E-state index is 12.5. The number of thiophene rings is 1. The highest BCUT2D eigenvalue weighted by Crippen LogP contribution is 2.25. The Morgan fingerprint density at radius 2 is 1.83 bits per heavy atom. The van der Waals surface area contributed by atoms with Crippen LogP contribution in [-0.2, 0) is 10.0 Å². The fourth-order valence-corrected chi connectivity index (χ4v) is 5.22. The normalized spacial score (nSPS) is 15.4. The molecular formula is C17H20N2O3S2. The van der Waals surface area contributed by atoms with Crippen molar-refractivity contribution in [2.45, 2.75) is 42.9 Å². The molecule has 1 fully saturated rings. The van der Waals surface area contributed by atoms with Crippen LogP contribution < -0.4 is 10.0 Å². The van der Waals surface area contributed by atoms with Gasteiger partial charge in [0, 0.05) is 10.9 Å². The van der Waals surface area contributed by atoms with E-state index in [4.69, 9.17) is 0 Å². The number of hydrogen-bond acceptors (Lipinski definition) is 4. The van der Waals surface area contributed by atoms with Crippen molar-refractivity contribution in [3.05, 3.63) is 46.8 Å². The van der Waals surface area contributed by atoms with E-state index in [1.54, 1.807) is 36.4 Å². The standard InChI is InChI=1S/C17H20N2O3S2/c1-12-10-11-16(23-12)24(21,22)19-15-9-5-4-8-14(15)17(20)18-13-6-2-3-7-13/h4-5,8-11,13,19H,2-3,6-7H2,1H3,(H,18,20). The van der Waals surface area contributed by atoms with Gasteiger partial charge in [-0.2, -0.15) is 0 Å². The summed E-state index contributed by atoms with van der Waals surface area (Å²) in [5.74, 6) is -0.234. The molecule has 128 valence electrons. The summed E-state index contributed by atoms with van der Waals surface area (Å²) in [5, 5.41) is 2.99. The summed E-state index contributed by atoms with van der Waals surface area (Å²) in [6.07, 6.45) is 4.20. The average molecular weight is 364 g/mol. The van der Waals surface area contributed by atoms with Crippen molar-refractivity contribution in [3.63, 3.8) is 0 Å². The fraction of sp³-hybridized carbons (Fsp3) is 0.353. The molecule has 1 aromatic heterocycles. The first kappa shape index (κ1) is 17.0. The molecule has 0 saturated heterocycles. The number of anilines is 1. The van der Waals surface area contributed by atoms with Crippen LogP contribution in [0.2, 0.25) is 0 Å². The van der Waals surface area contributed by atoms with Crippen LogP contribution in [0.4, 0.5) is 5.69 Å². The number of hydrogen-bond donors (Lipinski definition) is 2. The number of aryl methyl sites for hydroxylation is 1. The molecule has 1 heterocycles. The van der Waals surface area contributed by atoms with Gasteiger partial charge in [0.15, 0.2) is 0 Å². The van der Waals surface area contributed by atoms with Crippen molar-refractivity contribution < 1.29 is 13.2 Å². The molecule has 0 radical (unpaired) electrons. The number of benzene rings is 1. The minimum Gasteiger partial charge on any atom is -0.349 e. The summed E-state index contributed by atoms with van der Waals surface area (Å²) in [6.45, 7) is 1.85. The van der Waals surface area contributed by atoms with Gasteiger partial charge in [-0.05, 0) is 44.0 Å². The summed E-state index contributed by atoms with van der Waals surface area (Å²) in [6, 6.07) is 10.2. The van der Waals surface area contributed by atoms with Crippen LogP contribution in [0.3, 0.4) is 0 Å². The molecule has 5 nitrogen and oxygen atoms in total. The van der Waals surface area contributed by atoms with Gasteiger partial charge in [-0.3, -0.25) is 9.52 Å². The van der Waals surface area contributed by atoms with Gasteiger partial charge < -0.3 is 5.32 Å². The lowest BCUT2D eigenvalue weighted by atomic mass is 10.1. The van der Waals surface area contributed by atoms with E-state index < -0.39 is 10.0 Å². The molecule has 1 aliphatic carbocycles. The number of nitrogens with one attached hydrogen (secondary N) is 2. The predicted octanol–water partition coefficient (Wildman–Crippen LogP) is 3.53. The van der Waals surface area contributed by atoms with Gasteiger partial charge in [0.2, 0.25) is 0 Å². The zero-order valence-electron chi connectivity index (χ0n) is 13.4. The number of carbonyl (C=O) groups is 1. The van der Waals surface area contributed by atoms with E-state index in [1.165, 1.54) is 11.3 Å². The molecule has 7 heteroatoms. The van der Waals surface area contributed by atoms with E-state index in [9.17, 15) is 13.2 Å². The van der Waals surface area contributed by atoms with Crippen LogP contribution in [-0.4, -0.2) is 20.4 Å². The van der Waals surface area contributed by atoms with Gasteiger partial charge in [-0.25, -0.2) is 8.42 Å². The van der Waals surface area contributed by atoms with Crippen molar-refractivity contribution >= 4 is 33.0 Å². The highest BCUT2D eigenvalue weighted by Gasteiger charge is 2.22. The lowest BCUT2D eigenvalue weighted by Crippen LogP contribution is -2.33. The third-order valence-electron chi connectivity index (χ3n) is 4.09. The first-order valence-electron chi connectivity index (χ1n) is 7.95. The Bertz CT molecular complexity index is 837. The summed E-state index contributed by atoms with van der Waals surface area (Å²) in [5.41, 5.74) is 0.653. The van der Waals surface area contributed by atoms with Crippen molar-refractivity contribution in [1.82, 2.24) is 5.32 Å². The second kappa shape index (κ2) is 6.94. The number of amides is 1. The summed E-state index contributed by atoms with van der Waals surface area (Å²) >= 11 is 1.20. The molecule has 0 bridgehead atoms. The molecular weight excluding hydrogens is 344 g/mol. The molecule has 3 rings (SSSR count). The third-order valence-corrected chi connectivity index (χ3v) is 6.94. The Hall–Kier alpha value is -1.86. The molecule has 1 aliphatic rings. The molecule has 1 aromatic carbocycles. The SMILES string of the molecule is Cc1ccc(S(=O)(=O)Nc2ccccc2C(=O)NC2CCCC2)s1. The monoisotopic (exact) mass is 364 g/mol. The Morgan fingerprint density at radius 1 is 1.12 bits per heavy atom. The topological polar surface area (TPSA) is 75.3 Å². The lowest BCUT2D eigenvalue weighted by molar-refractivity contribution is 0.0939. The van der Waals surface area contributed by atoms with Gasteiger partial charge in [0.1, 0.15) is 4.21 Å². The van der Waals surface area contributed by atoms with E-state index in [0.29, 0.717) is 11.3 Å². The first-order chi connectivity index (χ1) is 11.5. The van der Waals surface area contributed by atoms with Crippen molar-refractivity contribution in [1.29, 1.82) is 0 Å². The summed E-state index contributed by atoms with van der Waals surface area (Å²) < 4.78 is 27.8. The molecule has 2 aromatic rings. The second-order valence-corrected chi connectivity index (χ2v) is 9.17. The average Bonchev–Trinajstić information content (AvgIpc) is 3.19. The third kappa shape index (κ3) is 3.79. The summed E-state index contributed by atoms with van der Waals surface area (Å²) in [7, 11) is -3.69. The van der Waals surface area contributed by atoms with Gasteiger partial charge >= 0.3 is 0 Å². The van der Waals surface area contributed by atoms with Crippen molar-refractivity contribution in [3.8, 4) is 0 Å². The summed E-state index contributed by atoms with van der Waals surface area (Å²) in [4.78, 5) is 13.4. The highest BCUT2D eigenvalue weighted by molar-refractivity contribution is 7.94. The van der Waals surface area contributed by atoms with E-state index in [0.717, 1.165) is 30.6 Å². The van der Waals surface area contributed by atoms with Gasteiger partial charge in [-0.15, -0.1) is 11.3 Å². The van der Waals surface area contributed by atoms with Crippen LogP contribution in [0, 0.1) is 6.92 Å². The molecule has 24 heavy (non-hydrogen) atoms. The largest absolute Gasteiger partial charge is 0.349 e. The van der Waals surface area contributed by atoms with Gasteiger partial charge in [0.05, 0.1) is 11.3 Å². The second-order valence-electron chi connectivity index (χ2n) is 5.97. The quantitative estimate of drug-likeness (QED) is 0.852. The Kier molecular flexibility index (Phi) is 4.91.